The highest BCUT2D eigenvalue weighted by atomic mass is 19.1. The standard InChI is InChI=1S/C28H30FN5O4/c1-28(2,3)38-27(36)31-20-10-12-33(13-11-20)26-32-24(18-8-9-19(17-30)23(29)14-18)16-25(35)34(26)21-6-5-7-22(15-21)37-4/h5-9,14-16,20H,10-13H2,1-4H3,(H,31,36). The minimum Gasteiger partial charge on any atom is -0.497 e. The molecule has 0 radical (unpaired) electrons. The van der Waals surface area contributed by atoms with Crippen LogP contribution in [-0.2, 0) is 4.74 Å². The number of carbonyl (C=O) groups is 1. The molecule has 2 aromatic carbocycles. The number of alkyl carbamates (subject to hydrolysis) is 1. The lowest BCUT2D eigenvalue weighted by Gasteiger charge is -2.34. The van der Waals surface area contributed by atoms with E-state index in [1.807, 2.05) is 25.7 Å². The Morgan fingerprint density at radius 2 is 1.89 bits per heavy atom. The van der Waals surface area contributed by atoms with Crippen LogP contribution < -0.4 is 20.5 Å². The van der Waals surface area contributed by atoms with Gasteiger partial charge in [0.1, 0.15) is 23.2 Å². The molecule has 0 atom stereocenters. The largest absolute Gasteiger partial charge is 0.497 e. The third-order valence-electron chi connectivity index (χ3n) is 6.10. The third-order valence-corrected chi connectivity index (χ3v) is 6.10. The molecule has 1 aliphatic heterocycles. The predicted molar refractivity (Wildman–Crippen MR) is 141 cm³/mol. The van der Waals surface area contributed by atoms with Crippen LogP contribution in [0.15, 0.2) is 53.3 Å². The summed E-state index contributed by atoms with van der Waals surface area (Å²) in [5.74, 6) is 0.291. The molecule has 198 valence electrons. The van der Waals surface area contributed by atoms with Crippen molar-refractivity contribution in [1.29, 1.82) is 5.26 Å². The highest BCUT2D eigenvalue weighted by Gasteiger charge is 2.27. The second kappa shape index (κ2) is 10.9. The Morgan fingerprint density at radius 1 is 1.16 bits per heavy atom. The number of piperidine rings is 1. The van der Waals surface area contributed by atoms with Crippen LogP contribution in [-0.4, -0.2) is 47.5 Å². The van der Waals surface area contributed by atoms with Crippen molar-refractivity contribution in [3.63, 3.8) is 0 Å². The molecule has 2 heterocycles. The van der Waals surface area contributed by atoms with Gasteiger partial charge in [0.25, 0.3) is 5.56 Å². The molecule has 9 nitrogen and oxygen atoms in total. The van der Waals surface area contributed by atoms with Crippen LogP contribution >= 0.6 is 0 Å². The number of amides is 1. The van der Waals surface area contributed by atoms with Gasteiger partial charge in [-0.05, 0) is 57.9 Å². The fourth-order valence-electron chi connectivity index (χ4n) is 4.29. The summed E-state index contributed by atoms with van der Waals surface area (Å²) in [6.07, 6.45) is 0.763. The average molecular weight is 520 g/mol. The molecule has 0 aliphatic carbocycles. The molecule has 1 N–H and O–H groups in total. The molecule has 4 rings (SSSR count). The molecule has 0 unspecified atom stereocenters. The number of nitriles is 1. The lowest BCUT2D eigenvalue weighted by molar-refractivity contribution is 0.0497. The van der Waals surface area contributed by atoms with E-state index in [9.17, 15) is 14.0 Å². The Balaban J connectivity index is 1.69. The van der Waals surface area contributed by atoms with Crippen molar-refractivity contribution in [3.05, 3.63) is 70.3 Å². The summed E-state index contributed by atoms with van der Waals surface area (Å²) >= 11 is 0. The van der Waals surface area contributed by atoms with Gasteiger partial charge in [-0.15, -0.1) is 0 Å². The topological polar surface area (TPSA) is 109 Å². The second-order valence-electron chi connectivity index (χ2n) is 10.0. The molecule has 1 fully saturated rings. The van der Waals surface area contributed by atoms with Gasteiger partial charge < -0.3 is 19.7 Å². The molecule has 1 saturated heterocycles. The van der Waals surface area contributed by atoms with Gasteiger partial charge in [0.15, 0.2) is 0 Å². The van der Waals surface area contributed by atoms with Crippen molar-refractivity contribution < 1.29 is 18.7 Å². The van der Waals surface area contributed by atoms with Gasteiger partial charge in [-0.2, -0.15) is 5.26 Å². The lowest BCUT2D eigenvalue weighted by atomic mass is 10.1. The van der Waals surface area contributed by atoms with Crippen molar-refractivity contribution in [1.82, 2.24) is 14.9 Å². The maximum absolute atomic E-state index is 14.4. The maximum atomic E-state index is 14.4. The van der Waals surface area contributed by atoms with E-state index >= 15 is 0 Å². The molecule has 38 heavy (non-hydrogen) atoms. The number of nitrogens with zero attached hydrogens (tertiary/aromatic N) is 4. The normalized spacial score (nSPS) is 14.1. The number of carbonyl (C=O) groups excluding carboxylic acids is 1. The van der Waals surface area contributed by atoms with Gasteiger partial charge >= 0.3 is 6.09 Å². The molecule has 3 aromatic rings. The van der Waals surface area contributed by atoms with E-state index in [1.54, 1.807) is 43.5 Å². The molecular formula is C28H30FN5O4. The zero-order valence-electron chi connectivity index (χ0n) is 21.8. The Kier molecular flexibility index (Phi) is 7.67. The molecule has 0 spiro atoms. The van der Waals surface area contributed by atoms with Gasteiger partial charge in [0.2, 0.25) is 5.95 Å². The van der Waals surface area contributed by atoms with Crippen LogP contribution in [0, 0.1) is 17.1 Å². The minimum atomic E-state index is -0.681. The van der Waals surface area contributed by atoms with Gasteiger partial charge in [0.05, 0.1) is 24.1 Å². The number of hydrogen-bond acceptors (Lipinski definition) is 7. The molecule has 1 aromatic heterocycles. The first-order valence-electron chi connectivity index (χ1n) is 12.3. The van der Waals surface area contributed by atoms with Crippen LogP contribution in [0.5, 0.6) is 5.75 Å². The van der Waals surface area contributed by atoms with E-state index in [-0.39, 0.29) is 17.2 Å². The monoisotopic (exact) mass is 519 g/mol. The van der Waals surface area contributed by atoms with Crippen LogP contribution in [0.3, 0.4) is 0 Å². The highest BCUT2D eigenvalue weighted by Crippen LogP contribution is 2.27. The quantitative estimate of drug-likeness (QED) is 0.532. The van der Waals surface area contributed by atoms with Gasteiger partial charge in [-0.1, -0.05) is 12.1 Å². The van der Waals surface area contributed by atoms with Crippen molar-refractivity contribution >= 4 is 12.0 Å². The maximum Gasteiger partial charge on any atom is 0.407 e. The van der Waals surface area contributed by atoms with Crippen LogP contribution in [0.2, 0.25) is 0 Å². The minimum absolute atomic E-state index is 0.0849. The second-order valence-corrected chi connectivity index (χ2v) is 10.0. The SMILES string of the molecule is COc1cccc(-n2c(N3CCC(NC(=O)OC(C)(C)C)CC3)nc(-c3ccc(C#N)c(F)c3)cc2=O)c1. The van der Waals surface area contributed by atoms with E-state index in [4.69, 9.17) is 19.7 Å². The molecule has 10 heteroatoms. The Labute approximate surface area is 220 Å². The van der Waals surface area contributed by atoms with Crippen LogP contribution in [0.4, 0.5) is 15.1 Å². The number of ether oxygens (including phenoxy) is 2. The Hall–Kier alpha value is -4.39. The molecular weight excluding hydrogens is 489 g/mol. The van der Waals surface area contributed by atoms with E-state index in [0.29, 0.717) is 54.6 Å². The van der Waals surface area contributed by atoms with E-state index < -0.39 is 17.5 Å². The zero-order valence-corrected chi connectivity index (χ0v) is 21.8. The third kappa shape index (κ3) is 6.11. The number of halogens is 1. The summed E-state index contributed by atoms with van der Waals surface area (Å²) < 4.78 is 26.6. The lowest BCUT2D eigenvalue weighted by Crippen LogP contribution is -2.47. The van der Waals surface area contributed by atoms with Gasteiger partial charge in [-0.25, -0.2) is 18.7 Å². The number of anilines is 1. The summed E-state index contributed by atoms with van der Waals surface area (Å²) in [5, 5.41) is 12.0. The number of benzene rings is 2. The van der Waals surface area contributed by atoms with Crippen molar-refractivity contribution in [2.24, 2.45) is 0 Å². The zero-order chi connectivity index (χ0) is 27.4. The fraction of sp³-hybridized carbons (Fsp3) is 0.357. The number of aromatic nitrogens is 2. The molecule has 0 saturated carbocycles. The van der Waals surface area contributed by atoms with Crippen LogP contribution in [0.25, 0.3) is 16.9 Å². The molecule has 1 amide bonds. The van der Waals surface area contributed by atoms with E-state index in [1.165, 1.54) is 22.8 Å². The van der Waals surface area contributed by atoms with Crippen molar-refractivity contribution in [2.75, 3.05) is 25.1 Å². The average Bonchev–Trinajstić information content (AvgIpc) is 2.87. The van der Waals surface area contributed by atoms with Gasteiger partial charge in [-0.3, -0.25) is 4.79 Å². The molecule has 0 bridgehead atoms. The first-order chi connectivity index (χ1) is 18.1. The van der Waals surface area contributed by atoms with E-state index in [2.05, 4.69) is 5.32 Å². The summed E-state index contributed by atoms with van der Waals surface area (Å²) in [5.41, 5.74) is 0.228. The summed E-state index contributed by atoms with van der Waals surface area (Å²) in [7, 11) is 1.55. The summed E-state index contributed by atoms with van der Waals surface area (Å²) in [6, 6.07) is 14.3. The number of methoxy groups -OCH3 is 1. The van der Waals surface area contributed by atoms with E-state index in [0.717, 1.165) is 0 Å². The Bertz CT molecular complexity index is 1430. The number of nitrogens with one attached hydrogen (secondary N) is 1. The fourth-order valence-corrected chi connectivity index (χ4v) is 4.29. The summed E-state index contributed by atoms with van der Waals surface area (Å²) in [4.78, 5) is 32.4. The predicted octanol–water partition coefficient (Wildman–Crippen LogP) is 4.41. The highest BCUT2D eigenvalue weighted by molar-refractivity contribution is 5.68. The van der Waals surface area contributed by atoms with Gasteiger partial charge in [0, 0.05) is 36.8 Å². The molecule has 1 aliphatic rings. The first-order valence-corrected chi connectivity index (χ1v) is 12.3. The van der Waals surface area contributed by atoms with Crippen molar-refractivity contribution in [2.45, 2.75) is 45.3 Å². The van der Waals surface area contributed by atoms with Crippen LogP contribution in [0.1, 0.15) is 39.2 Å². The Morgan fingerprint density at radius 3 is 2.53 bits per heavy atom. The number of rotatable bonds is 5. The van der Waals surface area contributed by atoms with Crippen molar-refractivity contribution in [3.8, 4) is 28.8 Å². The number of hydrogen-bond donors (Lipinski definition) is 1. The smallest absolute Gasteiger partial charge is 0.407 e. The first kappa shape index (κ1) is 26.7. The summed E-state index contributed by atoms with van der Waals surface area (Å²) in [6.45, 7) is 6.46.